The standard InChI is InChI=1S/C16H24ClNO/c1-3-12-8-9-15(11(12)2)18-10-16(19)13-6-4-5-7-14(13)17/h4-7,11-12,15-16,18-19H,3,8-10H2,1-2H3. The third-order valence-corrected chi connectivity index (χ3v) is 4.93. The van der Waals surface area contributed by atoms with Crippen molar-refractivity contribution in [1.82, 2.24) is 5.32 Å². The van der Waals surface area contributed by atoms with Crippen LogP contribution in [0.25, 0.3) is 0 Å². The van der Waals surface area contributed by atoms with Gasteiger partial charge in [-0.15, -0.1) is 0 Å². The average Bonchev–Trinajstić information content (AvgIpc) is 2.77. The van der Waals surface area contributed by atoms with Crippen LogP contribution in [0.4, 0.5) is 0 Å². The van der Waals surface area contributed by atoms with Crippen molar-refractivity contribution in [2.45, 2.75) is 45.3 Å². The molecule has 1 saturated carbocycles. The first-order valence-electron chi connectivity index (χ1n) is 7.29. The van der Waals surface area contributed by atoms with Crippen molar-refractivity contribution in [3.05, 3.63) is 34.9 Å². The molecule has 1 fully saturated rings. The Morgan fingerprint density at radius 1 is 1.37 bits per heavy atom. The molecule has 1 aromatic carbocycles. The van der Waals surface area contributed by atoms with E-state index in [0.29, 0.717) is 23.5 Å². The van der Waals surface area contributed by atoms with Crippen LogP contribution in [-0.4, -0.2) is 17.7 Å². The molecule has 0 bridgehead atoms. The lowest BCUT2D eigenvalue weighted by molar-refractivity contribution is 0.165. The lowest BCUT2D eigenvalue weighted by Crippen LogP contribution is -2.35. The highest BCUT2D eigenvalue weighted by Gasteiger charge is 2.31. The van der Waals surface area contributed by atoms with E-state index >= 15 is 0 Å². The van der Waals surface area contributed by atoms with Gasteiger partial charge >= 0.3 is 0 Å². The van der Waals surface area contributed by atoms with Crippen molar-refractivity contribution < 1.29 is 5.11 Å². The van der Waals surface area contributed by atoms with E-state index in [4.69, 9.17) is 11.6 Å². The zero-order chi connectivity index (χ0) is 13.8. The van der Waals surface area contributed by atoms with Gasteiger partial charge in [0.1, 0.15) is 0 Å². The summed E-state index contributed by atoms with van der Waals surface area (Å²) in [5.41, 5.74) is 0.814. The summed E-state index contributed by atoms with van der Waals surface area (Å²) >= 11 is 6.10. The second kappa shape index (κ2) is 6.74. The first kappa shape index (κ1) is 14.8. The summed E-state index contributed by atoms with van der Waals surface area (Å²) in [5.74, 6) is 1.53. The quantitative estimate of drug-likeness (QED) is 0.861. The van der Waals surface area contributed by atoms with Crippen molar-refractivity contribution in [1.29, 1.82) is 0 Å². The predicted molar refractivity (Wildman–Crippen MR) is 80.4 cm³/mol. The number of halogens is 1. The van der Waals surface area contributed by atoms with Gasteiger partial charge in [0.2, 0.25) is 0 Å². The zero-order valence-corrected chi connectivity index (χ0v) is 12.5. The number of benzene rings is 1. The SMILES string of the molecule is CCC1CCC(NCC(O)c2ccccc2Cl)C1C. The predicted octanol–water partition coefficient (Wildman–Crippen LogP) is 3.79. The van der Waals surface area contributed by atoms with Crippen LogP contribution in [0, 0.1) is 11.8 Å². The van der Waals surface area contributed by atoms with E-state index < -0.39 is 6.10 Å². The zero-order valence-electron chi connectivity index (χ0n) is 11.8. The Balaban J connectivity index is 1.88. The van der Waals surface area contributed by atoms with Gasteiger partial charge in [-0.2, -0.15) is 0 Å². The summed E-state index contributed by atoms with van der Waals surface area (Å²) in [5, 5.41) is 14.4. The molecule has 3 heteroatoms. The molecular weight excluding hydrogens is 258 g/mol. The Hall–Kier alpha value is -0.570. The number of rotatable bonds is 5. The van der Waals surface area contributed by atoms with E-state index in [1.54, 1.807) is 0 Å². The molecule has 106 valence electrons. The molecule has 2 N–H and O–H groups in total. The molecule has 0 aromatic heterocycles. The number of hydrogen-bond acceptors (Lipinski definition) is 2. The Kier molecular flexibility index (Phi) is 5.26. The third kappa shape index (κ3) is 3.50. The van der Waals surface area contributed by atoms with E-state index in [2.05, 4.69) is 19.2 Å². The van der Waals surface area contributed by atoms with E-state index in [1.165, 1.54) is 19.3 Å². The lowest BCUT2D eigenvalue weighted by atomic mass is 9.93. The van der Waals surface area contributed by atoms with Gasteiger partial charge in [-0.3, -0.25) is 0 Å². The van der Waals surface area contributed by atoms with Crippen LogP contribution in [0.3, 0.4) is 0 Å². The number of aliphatic hydroxyl groups excluding tert-OH is 1. The van der Waals surface area contributed by atoms with Gasteiger partial charge in [0.25, 0.3) is 0 Å². The van der Waals surface area contributed by atoms with Crippen molar-refractivity contribution >= 4 is 11.6 Å². The smallest absolute Gasteiger partial charge is 0.0928 e. The molecule has 2 nitrogen and oxygen atoms in total. The maximum Gasteiger partial charge on any atom is 0.0928 e. The molecule has 0 radical (unpaired) electrons. The molecule has 1 aliphatic rings. The molecular formula is C16H24ClNO. The Labute approximate surface area is 121 Å². The van der Waals surface area contributed by atoms with Crippen molar-refractivity contribution in [2.75, 3.05) is 6.54 Å². The molecule has 2 rings (SSSR count). The third-order valence-electron chi connectivity index (χ3n) is 4.59. The molecule has 0 spiro atoms. The molecule has 4 atom stereocenters. The average molecular weight is 282 g/mol. The molecule has 0 saturated heterocycles. The molecule has 19 heavy (non-hydrogen) atoms. The normalized spacial score (nSPS) is 28.5. The highest BCUT2D eigenvalue weighted by Crippen LogP contribution is 2.34. The van der Waals surface area contributed by atoms with Gasteiger partial charge in [0, 0.05) is 23.2 Å². The van der Waals surface area contributed by atoms with Gasteiger partial charge < -0.3 is 10.4 Å². The summed E-state index contributed by atoms with van der Waals surface area (Å²) in [6.45, 7) is 5.16. The first-order valence-corrected chi connectivity index (χ1v) is 7.67. The number of nitrogens with one attached hydrogen (secondary N) is 1. The monoisotopic (exact) mass is 281 g/mol. The number of hydrogen-bond donors (Lipinski definition) is 2. The van der Waals surface area contributed by atoms with Crippen molar-refractivity contribution in [3.63, 3.8) is 0 Å². The van der Waals surface area contributed by atoms with Gasteiger partial charge in [-0.05, 0) is 30.7 Å². The van der Waals surface area contributed by atoms with E-state index in [-0.39, 0.29) is 0 Å². The summed E-state index contributed by atoms with van der Waals surface area (Å²) in [4.78, 5) is 0. The van der Waals surface area contributed by atoms with E-state index in [0.717, 1.165) is 11.5 Å². The second-order valence-corrected chi connectivity index (χ2v) is 6.06. The van der Waals surface area contributed by atoms with Crippen LogP contribution in [-0.2, 0) is 0 Å². The fourth-order valence-corrected chi connectivity index (χ4v) is 3.49. The first-order chi connectivity index (χ1) is 9.13. The number of aliphatic hydroxyl groups is 1. The lowest BCUT2D eigenvalue weighted by Gasteiger charge is -2.23. The van der Waals surface area contributed by atoms with Gasteiger partial charge in [0.15, 0.2) is 0 Å². The molecule has 1 aliphatic carbocycles. The fourth-order valence-electron chi connectivity index (χ4n) is 3.23. The summed E-state index contributed by atoms with van der Waals surface area (Å²) < 4.78 is 0. The minimum atomic E-state index is -0.526. The van der Waals surface area contributed by atoms with Gasteiger partial charge in [-0.1, -0.05) is 50.1 Å². The Morgan fingerprint density at radius 3 is 2.74 bits per heavy atom. The van der Waals surface area contributed by atoms with E-state index in [1.807, 2.05) is 24.3 Å². The van der Waals surface area contributed by atoms with Gasteiger partial charge in [-0.25, -0.2) is 0 Å². The maximum atomic E-state index is 10.2. The maximum absolute atomic E-state index is 10.2. The van der Waals surface area contributed by atoms with Crippen LogP contribution < -0.4 is 5.32 Å². The molecule has 0 amide bonds. The van der Waals surface area contributed by atoms with Crippen LogP contribution in [0.2, 0.25) is 5.02 Å². The molecule has 4 unspecified atom stereocenters. The summed E-state index contributed by atoms with van der Waals surface area (Å²) in [6, 6.07) is 8.04. The van der Waals surface area contributed by atoms with Crippen LogP contribution >= 0.6 is 11.6 Å². The molecule has 1 aromatic rings. The minimum Gasteiger partial charge on any atom is -0.387 e. The van der Waals surface area contributed by atoms with E-state index in [9.17, 15) is 5.11 Å². The Bertz CT molecular complexity index is 409. The largest absolute Gasteiger partial charge is 0.387 e. The highest BCUT2D eigenvalue weighted by molar-refractivity contribution is 6.31. The topological polar surface area (TPSA) is 32.3 Å². The Morgan fingerprint density at radius 2 is 2.11 bits per heavy atom. The van der Waals surface area contributed by atoms with Gasteiger partial charge in [0.05, 0.1) is 6.10 Å². The van der Waals surface area contributed by atoms with Crippen molar-refractivity contribution in [3.8, 4) is 0 Å². The second-order valence-electron chi connectivity index (χ2n) is 5.66. The fraction of sp³-hybridized carbons (Fsp3) is 0.625. The summed E-state index contributed by atoms with van der Waals surface area (Å²) in [6.07, 6.45) is 3.25. The molecule has 0 aliphatic heterocycles. The molecule has 0 heterocycles. The summed E-state index contributed by atoms with van der Waals surface area (Å²) in [7, 11) is 0. The highest BCUT2D eigenvalue weighted by atomic mass is 35.5. The van der Waals surface area contributed by atoms with Crippen LogP contribution in [0.15, 0.2) is 24.3 Å². The van der Waals surface area contributed by atoms with Crippen molar-refractivity contribution in [2.24, 2.45) is 11.8 Å². The van der Waals surface area contributed by atoms with Crippen LogP contribution in [0.1, 0.15) is 44.8 Å². The van der Waals surface area contributed by atoms with Crippen LogP contribution in [0.5, 0.6) is 0 Å². The minimum absolute atomic E-state index is 0.526.